The predicted octanol–water partition coefficient (Wildman–Crippen LogP) is 5.21. The van der Waals surface area contributed by atoms with E-state index in [-0.39, 0.29) is 0 Å². The molecule has 2 aromatic carbocycles. The lowest BCUT2D eigenvalue weighted by molar-refractivity contribution is 0.405. The maximum atomic E-state index is 4.64. The van der Waals surface area contributed by atoms with E-state index in [0.29, 0.717) is 0 Å². The summed E-state index contributed by atoms with van der Waals surface area (Å²) < 4.78 is 3.19. The van der Waals surface area contributed by atoms with Gasteiger partial charge in [-0.1, -0.05) is 46.3 Å². The van der Waals surface area contributed by atoms with Gasteiger partial charge in [-0.25, -0.2) is 9.97 Å². The zero-order valence-electron chi connectivity index (χ0n) is 16.6. The molecule has 0 fully saturated rings. The van der Waals surface area contributed by atoms with E-state index < -0.39 is 0 Å². The first-order valence-corrected chi connectivity index (χ1v) is 10.5. The summed E-state index contributed by atoms with van der Waals surface area (Å²) in [6, 6.07) is 18.7. The number of aromatic nitrogens is 3. The van der Waals surface area contributed by atoms with Crippen LogP contribution in [0.3, 0.4) is 0 Å². The molecule has 6 heteroatoms. The summed E-state index contributed by atoms with van der Waals surface area (Å²) in [4.78, 5) is 11.4. The lowest BCUT2D eigenvalue weighted by atomic mass is 10.1. The molecule has 0 atom stereocenters. The molecule has 0 aliphatic carbocycles. The third-order valence-electron chi connectivity index (χ3n) is 4.85. The number of nitrogens with one attached hydrogen (secondary N) is 1. The molecule has 2 heterocycles. The topological polar surface area (TPSA) is 46.0 Å². The molecule has 0 amide bonds. The molecule has 0 aliphatic heterocycles. The maximum Gasteiger partial charge on any atom is 0.150 e. The molecule has 0 saturated carbocycles. The highest BCUT2D eigenvalue weighted by atomic mass is 79.9. The number of nitrogens with zero attached hydrogens (tertiary/aromatic N) is 4. The van der Waals surface area contributed by atoms with E-state index >= 15 is 0 Å². The lowest BCUT2D eigenvalue weighted by Gasteiger charge is -2.11. The van der Waals surface area contributed by atoms with Crippen molar-refractivity contribution in [3.8, 4) is 16.8 Å². The highest BCUT2D eigenvalue weighted by molar-refractivity contribution is 9.10. The molecule has 148 valence electrons. The molecular formula is C23H24BrN5. The number of hydrogen-bond acceptors (Lipinski definition) is 4. The Labute approximate surface area is 179 Å². The Hall–Kier alpha value is -2.70. The number of halogens is 1. The van der Waals surface area contributed by atoms with Crippen molar-refractivity contribution in [1.29, 1.82) is 0 Å². The summed E-state index contributed by atoms with van der Waals surface area (Å²) in [5.41, 5.74) is 4.24. The molecule has 0 aliphatic rings. The fourth-order valence-electron chi connectivity index (χ4n) is 3.43. The summed E-state index contributed by atoms with van der Waals surface area (Å²) in [7, 11) is 4.18. The third-order valence-corrected chi connectivity index (χ3v) is 5.38. The highest BCUT2D eigenvalue weighted by Gasteiger charge is 2.17. The van der Waals surface area contributed by atoms with Crippen molar-refractivity contribution >= 4 is 32.8 Å². The van der Waals surface area contributed by atoms with Gasteiger partial charge >= 0.3 is 0 Å². The molecule has 0 radical (unpaired) electrons. The summed E-state index contributed by atoms with van der Waals surface area (Å²) >= 11 is 3.52. The van der Waals surface area contributed by atoms with Crippen LogP contribution in [0, 0.1) is 0 Å². The lowest BCUT2D eigenvalue weighted by Crippen LogP contribution is -2.16. The van der Waals surface area contributed by atoms with Gasteiger partial charge in [0.1, 0.15) is 12.1 Å². The Kier molecular flexibility index (Phi) is 5.92. The molecule has 2 aromatic heterocycles. The Bertz CT molecular complexity index is 1090. The molecule has 4 aromatic rings. The second kappa shape index (κ2) is 8.76. The van der Waals surface area contributed by atoms with Crippen LogP contribution in [0.5, 0.6) is 0 Å². The van der Waals surface area contributed by atoms with Gasteiger partial charge < -0.3 is 14.8 Å². The van der Waals surface area contributed by atoms with E-state index in [1.54, 1.807) is 6.33 Å². The molecule has 0 spiro atoms. The van der Waals surface area contributed by atoms with Crippen molar-refractivity contribution in [2.45, 2.75) is 6.42 Å². The quantitative estimate of drug-likeness (QED) is 0.393. The van der Waals surface area contributed by atoms with Crippen molar-refractivity contribution in [2.24, 2.45) is 0 Å². The van der Waals surface area contributed by atoms with Crippen LogP contribution >= 0.6 is 15.9 Å². The number of rotatable bonds is 7. The predicted molar refractivity (Wildman–Crippen MR) is 124 cm³/mol. The largest absolute Gasteiger partial charge is 0.369 e. The van der Waals surface area contributed by atoms with Crippen LogP contribution < -0.4 is 5.32 Å². The van der Waals surface area contributed by atoms with Gasteiger partial charge in [0.2, 0.25) is 0 Å². The zero-order valence-corrected chi connectivity index (χ0v) is 18.2. The summed E-state index contributed by atoms with van der Waals surface area (Å²) in [6.45, 7) is 1.90. The monoisotopic (exact) mass is 449 g/mol. The van der Waals surface area contributed by atoms with Crippen LogP contribution in [0.2, 0.25) is 0 Å². The first kappa shape index (κ1) is 19.6. The van der Waals surface area contributed by atoms with Gasteiger partial charge in [0.05, 0.1) is 5.39 Å². The van der Waals surface area contributed by atoms with Crippen molar-refractivity contribution in [2.75, 3.05) is 32.5 Å². The van der Waals surface area contributed by atoms with Gasteiger partial charge in [0.25, 0.3) is 0 Å². The number of benzene rings is 2. The molecule has 5 nitrogen and oxygen atoms in total. The summed E-state index contributed by atoms with van der Waals surface area (Å²) in [5.74, 6) is 0.878. The van der Waals surface area contributed by atoms with E-state index in [2.05, 4.69) is 97.4 Å². The van der Waals surface area contributed by atoms with Gasteiger partial charge in [-0.05, 0) is 56.9 Å². The average molecular weight is 450 g/mol. The van der Waals surface area contributed by atoms with Crippen LogP contribution in [0.15, 0.2) is 71.6 Å². The minimum Gasteiger partial charge on any atom is -0.369 e. The minimum atomic E-state index is 0.863. The van der Waals surface area contributed by atoms with Crippen LogP contribution in [-0.2, 0) is 0 Å². The van der Waals surface area contributed by atoms with Crippen molar-refractivity contribution in [3.05, 3.63) is 71.6 Å². The standard InChI is InChI=1S/C23H24BrN5/c1-28(2)14-6-13-25-22-21-20(17-7-4-3-5-8-17)15-29(23(21)27-16-26-22)19-11-9-18(24)10-12-19/h3-5,7-12,15-16H,6,13-14H2,1-2H3,(H,25,26,27). The molecular weight excluding hydrogens is 426 g/mol. The fraction of sp³-hybridized carbons (Fsp3) is 0.217. The summed E-state index contributed by atoms with van der Waals surface area (Å²) in [6.07, 6.45) is 4.84. The molecule has 0 saturated heterocycles. The first-order chi connectivity index (χ1) is 14.1. The fourth-order valence-corrected chi connectivity index (χ4v) is 3.70. The Balaban J connectivity index is 1.81. The SMILES string of the molecule is CN(C)CCCNc1ncnc2c1c(-c1ccccc1)cn2-c1ccc(Br)cc1. The van der Waals surface area contributed by atoms with Crippen molar-refractivity contribution in [1.82, 2.24) is 19.4 Å². The van der Waals surface area contributed by atoms with Gasteiger partial charge in [-0.2, -0.15) is 0 Å². The van der Waals surface area contributed by atoms with Crippen LogP contribution in [0.4, 0.5) is 5.82 Å². The maximum absolute atomic E-state index is 4.64. The van der Waals surface area contributed by atoms with Crippen LogP contribution in [-0.4, -0.2) is 46.6 Å². The number of hydrogen-bond donors (Lipinski definition) is 1. The van der Waals surface area contributed by atoms with E-state index in [0.717, 1.165) is 57.6 Å². The Morgan fingerprint density at radius 2 is 1.76 bits per heavy atom. The molecule has 1 N–H and O–H groups in total. The summed E-state index contributed by atoms with van der Waals surface area (Å²) in [5, 5.41) is 4.58. The molecule has 4 rings (SSSR count). The molecule has 0 bridgehead atoms. The van der Waals surface area contributed by atoms with Crippen LogP contribution in [0.25, 0.3) is 27.8 Å². The van der Waals surface area contributed by atoms with Gasteiger partial charge in [-0.15, -0.1) is 0 Å². The molecule has 0 unspecified atom stereocenters. The second-order valence-corrected chi connectivity index (χ2v) is 8.18. The minimum absolute atomic E-state index is 0.863. The van der Waals surface area contributed by atoms with E-state index in [9.17, 15) is 0 Å². The number of fused-ring (bicyclic) bond motifs is 1. The van der Waals surface area contributed by atoms with Crippen molar-refractivity contribution < 1.29 is 0 Å². The third kappa shape index (κ3) is 4.33. The van der Waals surface area contributed by atoms with E-state index in [4.69, 9.17) is 0 Å². The Morgan fingerprint density at radius 1 is 1.00 bits per heavy atom. The average Bonchev–Trinajstić information content (AvgIpc) is 3.13. The van der Waals surface area contributed by atoms with E-state index in [1.165, 1.54) is 0 Å². The Morgan fingerprint density at radius 3 is 2.48 bits per heavy atom. The van der Waals surface area contributed by atoms with E-state index in [1.807, 2.05) is 18.2 Å². The van der Waals surface area contributed by atoms with Gasteiger partial charge in [0, 0.05) is 28.5 Å². The van der Waals surface area contributed by atoms with Crippen molar-refractivity contribution in [3.63, 3.8) is 0 Å². The first-order valence-electron chi connectivity index (χ1n) is 9.69. The van der Waals surface area contributed by atoms with Crippen LogP contribution in [0.1, 0.15) is 6.42 Å². The second-order valence-electron chi connectivity index (χ2n) is 7.26. The number of anilines is 1. The smallest absolute Gasteiger partial charge is 0.150 e. The zero-order chi connectivity index (χ0) is 20.2. The normalized spacial score (nSPS) is 11.3. The molecule has 29 heavy (non-hydrogen) atoms. The van der Waals surface area contributed by atoms with Gasteiger partial charge in [-0.3, -0.25) is 0 Å². The van der Waals surface area contributed by atoms with Gasteiger partial charge in [0.15, 0.2) is 5.65 Å². The highest BCUT2D eigenvalue weighted by Crippen LogP contribution is 2.35.